The number of alkyl carbamates (subject to hydrolysis) is 1. The third-order valence-corrected chi connectivity index (χ3v) is 3.45. The van der Waals surface area contributed by atoms with E-state index in [-0.39, 0.29) is 12.0 Å². The highest BCUT2D eigenvalue weighted by atomic mass is 16.6. The van der Waals surface area contributed by atoms with E-state index in [4.69, 9.17) is 9.47 Å². The maximum Gasteiger partial charge on any atom is 0.408 e. The highest BCUT2D eigenvalue weighted by molar-refractivity contribution is 5.94. The van der Waals surface area contributed by atoms with Crippen LogP contribution in [0.1, 0.15) is 53.5 Å². The summed E-state index contributed by atoms with van der Waals surface area (Å²) in [6.45, 7) is 14.4. The Morgan fingerprint density at radius 2 is 1.52 bits per heavy atom. The molecule has 29 heavy (non-hydrogen) atoms. The van der Waals surface area contributed by atoms with Crippen LogP contribution in [0.15, 0.2) is 42.5 Å². The van der Waals surface area contributed by atoms with Gasteiger partial charge >= 0.3 is 12.1 Å². The maximum absolute atomic E-state index is 12.5. The standard InChI is InChI=1S/C22H32N2O5/c1-15(18(25)23-14-16-11-9-8-10-12-16)13-17(19(26)28-21(2,3)4)24-20(27)29-22(5,6)7/h8-12,17H,1,13-14H2,2-7H3,(H,23,25)(H,24,27)/t17-/m0/s1. The summed E-state index contributed by atoms with van der Waals surface area (Å²) in [5.74, 6) is -1.08. The van der Waals surface area contributed by atoms with E-state index in [1.54, 1.807) is 41.5 Å². The van der Waals surface area contributed by atoms with E-state index in [0.29, 0.717) is 6.54 Å². The van der Waals surface area contributed by atoms with E-state index >= 15 is 0 Å². The lowest BCUT2D eigenvalue weighted by atomic mass is 10.1. The van der Waals surface area contributed by atoms with Crippen LogP contribution in [0.3, 0.4) is 0 Å². The van der Waals surface area contributed by atoms with E-state index in [1.807, 2.05) is 30.3 Å². The molecule has 0 spiro atoms. The Morgan fingerprint density at radius 3 is 2.03 bits per heavy atom. The first-order valence-electron chi connectivity index (χ1n) is 9.49. The molecule has 0 fully saturated rings. The molecule has 0 saturated heterocycles. The predicted octanol–water partition coefficient (Wildman–Crippen LogP) is 3.48. The number of hydrogen-bond acceptors (Lipinski definition) is 5. The lowest BCUT2D eigenvalue weighted by molar-refractivity contribution is -0.157. The quantitative estimate of drug-likeness (QED) is 0.536. The van der Waals surface area contributed by atoms with Gasteiger partial charge in [-0.2, -0.15) is 0 Å². The third-order valence-electron chi connectivity index (χ3n) is 3.45. The van der Waals surface area contributed by atoms with Gasteiger partial charge in [-0.3, -0.25) is 4.79 Å². The minimum absolute atomic E-state index is 0.102. The highest BCUT2D eigenvalue weighted by Gasteiger charge is 2.30. The summed E-state index contributed by atoms with van der Waals surface area (Å²) in [7, 11) is 0. The molecule has 0 heterocycles. The van der Waals surface area contributed by atoms with E-state index in [2.05, 4.69) is 17.2 Å². The van der Waals surface area contributed by atoms with Crippen molar-refractivity contribution in [2.24, 2.45) is 0 Å². The minimum atomic E-state index is -1.10. The molecule has 1 rings (SSSR count). The Labute approximate surface area is 172 Å². The van der Waals surface area contributed by atoms with Gasteiger partial charge in [0, 0.05) is 18.5 Å². The molecule has 2 N–H and O–H groups in total. The van der Waals surface area contributed by atoms with Gasteiger partial charge in [-0.25, -0.2) is 9.59 Å². The normalized spacial score (nSPS) is 12.5. The second-order valence-corrected chi connectivity index (χ2v) is 8.71. The van der Waals surface area contributed by atoms with Gasteiger partial charge in [0.15, 0.2) is 0 Å². The fourth-order valence-corrected chi connectivity index (χ4v) is 2.26. The molecule has 1 aromatic carbocycles. The summed E-state index contributed by atoms with van der Waals surface area (Å²) < 4.78 is 10.6. The van der Waals surface area contributed by atoms with Crippen molar-refractivity contribution in [3.05, 3.63) is 48.0 Å². The van der Waals surface area contributed by atoms with Crippen LogP contribution >= 0.6 is 0 Å². The molecule has 0 saturated carbocycles. The summed E-state index contributed by atoms with van der Waals surface area (Å²) in [5, 5.41) is 5.23. The first-order chi connectivity index (χ1) is 13.3. The summed E-state index contributed by atoms with van der Waals surface area (Å²) in [4.78, 5) is 37.0. The van der Waals surface area contributed by atoms with Gasteiger partial charge in [0.1, 0.15) is 17.2 Å². The van der Waals surface area contributed by atoms with Crippen molar-refractivity contribution < 1.29 is 23.9 Å². The van der Waals surface area contributed by atoms with E-state index < -0.39 is 35.2 Å². The summed E-state index contributed by atoms with van der Waals surface area (Å²) in [6.07, 6.45) is -0.875. The van der Waals surface area contributed by atoms with Crippen LogP contribution in [0.2, 0.25) is 0 Å². The van der Waals surface area contributed by atoms with E-state index in [9.17, 15) is 14.4 Å². The zero-order valence-electron chi connectivity index (χ0n) is 18.1. The zero-order valence-corrected chi connectivity index (χ0v) is 18.1. The van der Waals surface area contributed by atoms with Gasteiger partial charge in [0.2, 0.25) is 5.91 Å². The molecule has 2 amide bonds. The number of hydrogen-bond donors (Lipinski definition) is 2. The molecule has 160 valence electrons. The summed E-state index contributed by atoms with van der Waals surface area (Å²) >= 11 is 0. The van der Waals surface area contributed by atoms with Crippen LogP contribution in [0.25, 0.3) is 0 Å². The Kier molecular flexibility index (Phi) is 8.42. The summed E-state index contributed by atoms with van der Waals surface area (Å²) in [5.41, 5.74) is -0.397. The molecule has 0 unspecified atom stereocenters. The van der Waals surface area contributed by atoms with Crippen molar-refractivity contribution in [2.45, 2.75) is 71.8 Å². The number of ether oxygens (including phenoxy) is 2. The van der Waals surface area contributed by atoms with Crippen molar-refractivity contribution in [1.29, 1.82) is 0 Å². The summed E-state index contributed by atoms with van der Waals surface area (Å²) in [6, 6.07) is 8.31. The van der Waals surface area contributed by atoms with Crippen LogP contribution < -0.4 is 10.6 Å². The Balaban J connectivity index is 2.77. The van der Waals surface area contributed by atoms with Crippen molar-refractivity contribution >= 4 is 18.0 Å². The molecule has 1 aromatic rings. The van der Waals surface area contributed by atoms with E-state index in [0.717, 1.165) is 5.56 Å². The van der Waals surface area contributed by atoms with Crippen molar-refractivity contribution in [2.75, 3.05) is 0 Å². The second-order valence-electron chi connectivity index (χ2n) is 8.71. The Bertz CT molecular complexity index is 730. The fraction of sp³-hybridized carbons (Fsp3) is 0.500. The van der Waals surface area contributed by atoms with Crippen molar-refractivity contribution in [3.63, 3.8) is 0 Å². The maximum atomic E-state index is 12.5. The Hall–Kier alpha value is -2.83. The lowest BCUT2D eigenvalue weighted by Crippen LogP contribution is -2.46. The molecule has 1 atom stereocenters. The molecule has 0 radical (unpaired) electrons. The van der Waals surface area contributed by atoms with E-state index in [1.165, 1.54) is 0 Å². The third kappa shape index (κ3) is 10.3. The van der Waals surface area contributed by atoms with Gasteiger partial charge in [-0.15, -0.1) is 0 Å². The topological polar surface area (TPSA) is 93.7 Å². The largest absolute Gasteiger partial charge is 0.458 e. The smallest absolute Gasteiger partial charge is 0.408 e. The molecule has 7 heteroatoms. The van der Waals surface area contributed by atoms with Gasteiger partial charge in [0.05, 0.1) is 0 Å². The lowest BCUT2D eigenvalue weighted by Gasteiger charge is -2.26. The molecular weight excluding hydrogens is 372 g/mol. The fourth-order valence-electron chi connectivity index (χ4n) is 2.26. The minimum Gasteiger partial charge on any atom is -0.458 e. The molecule has 0 aromatic heterocycles. The van der Waals surface area contributed by atoms with Crippen LogP contribution in [-0.4, -0.2) is 35.2 Å². The van der Waals surface area contributed by atoms with Crippen LogP contribution in [0.5, 0.6) is 0 Å². The van der Waals surface area contributed by atoms with Crippen LogP contribution in [-0.2, 0) is 25.6 Å². The van der Waals surface area contributed by atoms with Crippen LogP contribution in [0.4, 0.5) is 4.79 Å². The van der Waals surface area contributed by atoms with Crippen LogP contribution in [0, 0.1) is 0 Å². The van der Waals surface area contributed by atoms with Gasteiger partial charge < -0.3 is 20.1 Å². The number of nitrogens with one attached hydrogen (secondary N) is 2. The molecular formula is C22H32N2O5. The molecule has 0 aliphatic heterocycles. The zero-order chi connectivity index (χ0) is 22.2. The average Bonchev–Trinajstić information content (AvgIpc) is 2.56. The predicted molar refractivity (Wildman–Crippen MR) is 111 cm³/mol. The van der Waals surface area contributed by atoms with Gasteiger partial charge in [-0.1, -0.05) is 36.9 Å². The molecule has 0 aliphatic carbocycles. The number of carbonyl (C=O) groups excluding carboxylic acids is 3. The van der Waals surface area contributed by atoms with Gasteiger partial charge in [-0.05, 0) is 47.1 Å². The Morgan fingerprint density at radius 1 is 0.966 bits per heavy atom. The van der Waals surface area contributed by atoms with Crippen molar-refractivity contribution in [3.8, 4) is 0 Å². The molecule has 7 nitrogen and oxygen atoms in total. The number of esters is 1. The highest BCUT2D eigenvalue weighted by Crippen LogP contribution is 2.14. The first kappa shape index (κ1) is 24.2. The van der Waals surface area contributed by atoms with Gasteiger partial charge in [0.25, 0.3) is 0 Å². The number of amides is 2. The van der Waals surface area contributed by atoms with Crippen molar-refractivity contribution in [1.82, 2.24) is 10.6 Å². The number of benzene rings is 1. The average molecular weight is 405 g/mol. The molecule has 0 aliphatic rings. The number of carbonyl (C=O) groups is 3. The first-order valence-corrected chi connectivity index (χ1v) is 9.49. The molecule has 0 bridgehead atoms. The number of rotatable bonds is 7. The second kappa shape index (κ2) is 10.1. The SMILES string of the molecule is C=C(C[C@H](NC(=O)OC(C)(C)C)C(=O)OC(C)(C)C)C(=O)NCc1ccccc1. The monoisotopic (exact) mass is 404 g/mol.